The number of hydrogen-bond acceptors (Lipinski definition) is 4. The molecule has 1 aromatic carbocycles. The average Bonchev–Trinajstić information content (AvgIpc) is 2.20. The number of nitrogens with zero attached hydrogens (tertiary/aromatic N) is 2. The number of carbonyl (C=O) groups is 2. The van der Waals surface area contributed by atoms with Crippen LogP contribution in [-0.4, -0.2) is 27.4 Å². The Kier molecular flexibility index (Phi) is 1.85. The fraction of sp³-hybridized carbons (Fsp3) is 0. The van der Waals surface area contributed by atoms with Crippen molar-refractivity contribution >= 4 is 17.5 Å². The maximum Gasteiger partial charge on any atom is 0.446 e. The van der Waals surface area contributed by atoms with Gasteiger partial charge in [0.05, 0.1) is 5.56 Å². The molecule has 74 valence electrons. The van der Waals surface area contributed by atoms with Crippen molar-refractivity contribution in [1.29, 1.82) is 0 Å². The lowest BCUT2D eigenvalue weighted by molar-refractivity contribution is -0.131. The zero-order valence-corrected chi connectivity index (χ0v) is 7.30. The van der Waals surface area contributed by atoms with Crippen molar-refractivity contribution in [3.63, 3.8) is 0 Å². The Morgan fingerprint density at radius 3 is 2.73 bits per heavy atom. The lowest BCUT2D eigenvalue weighted by atomic mass is 10.0. The maximum atomic E-state index is 11.5. The van der Waals surface area contributed by atoms with Crippen molar-refractivity contribution in [2.24, 2.45) is 0 Å². The summed E-state index contributed by atoms with van der Waals surface area (Å²) in [5, 5.41) is 9.14. The van der Waals surface area contributed by atoms with Crippen molar-refractivity contribution < 1.29 is 24.2 Å². The molecule has 0 spiro atoms. The van der Waals surface area contributed by atoms with E-state index in [1.165, 1.54) is 12.1 Å². The first-order valence-electron chi connectivity index (χ1n) is 3.95. The van der Waals surface area contributed by atoms with Gasteiger partial charge in [-0.15, -0.1) is 0 Å². The summed E-state index contributed by atoms with van der Waals surface area (Å²) < 4.78 is 4.70. The highest BCUT2D eigenvalue weighted by atomic mass is 16.5. The van der Waals surface area contributed by atoms with E-state index in [0.717, 1.165) is 6.07 Å². The minimum absolute atomic E-state index is 0.0117. The molecule has 0 fully saturated rings. The van der Waals surface area contributed by atoms with E-state index in [2.05, 4.69) is 4.79 Å². The molecule has 2 rings (SSSR count). The minimum Gasteiger partial charge on any atom is -0.508 e. The van der Waals surface area contributed by atoms with Crippen molar-refractivity contribution in [2.45, 2.75) is 0 Å². The third kappa shape index (κ3) is 1.29. The number of aromatic hydroxyl groups is 1. The Labute approximate surface area is 83.3 Å². The standard InChI is InChI=1S/C9H4N2O4/c10-11-7-8(13)5-3-4(12)1-2-6(5)15-9(7)14/h1-3,12H. The van der Waals surface area contributed by atoms with E-state index < -0.39 is 17.5 Å². The molecule has 0 saturated carbocycles. The molecule has 1 heterocycles. The normalized spacial score (nSPS) is 14.3. The van der Waals surface area contributed by atoms with Gasteiger partial charge in [0, 0.05) is 0 Å². The van der Waals surface area contributed by atoms with E-state index in [1.54, 1.807) is 0 Å². The molecule has 0 unspecified atom stereocenters. The van der Waals surface area contributed by atoms with E-state index in [4.69, 9.17) is 15.4 Å². The number of rotatable bonds is 0. The zero-order valence-electron chi connectivity index (χ0n) is 7.30. The fourth-order valence-electron chi connectivity index (χ4n) is 1.24. The zero-order chi connectivity index (χ0) is 11.0. The number of carbonyl (C=O) groups excluding carboxylic acids is 2. The van der Waals surface area contributed by atoms with Crippen molar-refractivity contribution in [1.82, 2.24) is 0 Å². The molecule has 15 heavy (non-hydrogen) atoms. The summed E-state index contributed by atoms with van der Waals surface area (Å²) in [7, 11) is 0. The molecule has 0 saturated heterocycles. The van der Waals surface area contributed by atoms with Crippen molar-refractivity contribution in [3.05, 3.63) is 29.3 Å². The lowest BCUT2D eigenvalue weighted by Crippen LogP contribution is -2.34. The molecule has 0 radical (unpaired) electrons. The van der Waals surface area contributed by atoms with E-state index in [1.807, 2.05) is 0 Å². The number of phenolic OH excluding ortho intramolecular Hbond substituents is 1. The Bertz CT molecular complexity index is 529. The molecule has 1 N–H and O–H groups in total. The largest absolute Gasteiger partial charge is 0.508 e. The fourth-order valence-corrected chi connectivity index (χ4v) is 1.24. The van der Waals surface area contributed by atoms with Crippen molar-refractivity contribution in [3.8, 4) is 11.5 Å². The second-order valence-corrected chi connectivity index (χ2v) is 2.85. The Hall–Kier alpha value is -2.46. The molecule has 0 aliphatic carbocycles. The molecule has 0 amide bonds. The van der Waals surface area contributed by atoms with Gasteiger partial charge in [-0.3, -0.25) is 4.79 Å². The first-order chi connectivity index (χ1) is 7.13. The van der Waals surface area contributed by atoms with Crippen LogP contribution in [0.5, 0.6) is 11.5 Å². The van der Waals surface area contributed by atoms with E-state index >= 15 is 0 Å². The van der Waals surface area contributed by atoms with Gasteiger partial charge in [0.2, 0.25) is 0 Å². The molecule has 0 atom stereocenters. The number of Topliss-reactive ketones (excluding diaryl/α,β-unsaturated/α-hetero) is 1. The summed E-state index contributed by atoms with van der Waals surface area (Å²) in [6, 6.07) is 3.70. The maximum absolute atomic E-state index is 11.5. The topological polar surface area (TPSA) is 100 Å². The van der Waals surface area contributed by atoms with Crippen LogP contribution in [0.2, 0.25) is 0 Å². The van der Waals surface area contributed by atoms with Gasteiger partial charge in [0.15, 0.2) is 0 Å². The van der Waals surface area contributed by atoms with Crippen LogP contribution in [0.25, 0.3) is 5.53 Å². The number of esters is 1. The second-order valence-electron chi connectivity index (χ2n) is 2.85. The highest BCUT2D eigenvalue weighted by Crippen LogP contribution is 2.27. The Morgan fingerprint density at radius 2 is 2.07 bits per heavy atom. The highest BCUT2D eigenvalue weighted by Gasteiger charge is 2.39. The minimum atomic E-state index is -1.01. The van der Waals surface area contributed by atoms with Gasteiger partial charge in [-0.2, -0.15) is 4.79 Å². The number of phenols is 1. The summed E-state index contributed by atoms with van der Waals surface area (Å²) in [6.45, 7) is 0. The van der Waals surface area contributed by atoms with Gasteiger partial charge < -0.3 is 15.4 Å². The monoisotopic (exact) mass is 204 g/mol. The predicted octanol–water partition coefficient (Wildman–Crippen LogP) is 0.165. The van der Waals surface area contributed by atoms with Crippen LogP contribution >= 0.6 is 0 Å². The molecule has 1 aliphatic rings. The number of ketones is 1. The number of benzene rings is 1. The van der Waals surface area contributed by atoms with Crippen LogP contribution in [0.15, 0.2) is 18.2 Å². The quantitative estimate of drug-likeness (QED) is 0.281. The van der Waals surface area contributed by atoms with Gasteiger partial charge in [-0.25, -0.2) is 4.79 Å². The van der Waals surface area contributed by atoms with Crippen molar-refractivity contribution in [2.75, 3.05) is 0 Å². The molecular weight excluding hydrogens is 200 g/mol. The highest BCUT2D eigenvalue weighted by molar-refractivity contribution is 6.67. The van der Waals surface area contributed by atoms with E-state index in [0.29, 0.717) is 0 Å². The first kappa shape index (κ1) is 9.11. The van der Waals surface area contributed by atoms with Crippen LogP contribution in [0.3, 0.4) is 0 Å². The molecular formula is C9H4N2O4. The van der Waals surface area contributed by atoms with Gasteiger partial charge in [0.25, 0.3) is 5.78 Å². The van der Waals surface area contributed by atoms with Crippen LogP contribution in [0, 0.1) is 0 Å². The second kappa shape index (κ2) is 3.04. The summed E-state index contributed by atoms with van der Waals surface area (Å²) >= 11 is 0. The van der Waals surface area contributed by atoms with Crippen LogP contribution in [0.1, 0.15) is 10.4 Å². The number of fused-ring (bicyclic) bond motifs is 1. The summed E-state index contributed by atoms with van der Waals surface area (Å²) in [5.74, 6) is -1.90. The molecule has 6 heteroatoms. The van der Waals surface area contributed by atoms with Gasteiger partial charge >= 0.3 is 11.7 Å². The lowest BCUT2D eigenvalue weighted by Gasteiger charge is -2.10. The van der Waals surface area contributed by atoms with Crippen LogP contribution < -0.4 is 4.74 Å². The number of ether oxygens (including phenoxy) is 1. The van der Waals surface area contributed by atoms with Crippen LogP contribution in [-0.2, 0) is 4.79 Å². The SMILES string of the molecule is [N-]=[N+]=C1C(=O)Oc2ccc(O)cc2C1=O. The summed E-state index contributed by atoms with van der Waals surface area (Å²) in [4.78, 5) is 25.1. The molecule has 0 bridgehead atoms. The molecule has 6 nitrogen and oxygen atoms in total. The van der Waals surface area contributed by atoms with Gasteiger partial charge in [0.1, 0.15) is 11.5 Å². The average molecular weight is 204 g/mol. The van der Waals surface area contributed by atoms with E-state index in [9.17, 15) is 9.59 Å². The third-order valence-corrected chi connectivity index (χ3v) is 1.92. The Balaban J connectivity index is 2.67. The molecule has 1 aliphatic heterocycles. The third-order valence-electron chi connectivity index (χ3n) is 1.92. The molecule has 1 aromatic rings. The van der Waals surface area contributed by atoms with Crippen LogP contribution in [0.4, 0.5) is 0 Å². The van der Waals surface area contributed by atoms with E-state index in [-0.39, 0.29) is 17.1 Å². The predicted molar refractivity (Wildman–Crippen MR) is 46.7 cm³/mol. The molecule has 0 aromatic heterocycles. The summed E-state index contributed by atoms with van der Waals surface area (Å²) in [5.41, 5.74) is 7.72. The smallest absolute Gasteiger partial charge is 0.446 e. The first-order valence-corrected chi connectivity index (χ1v) is 3.95. The summed E-state index contributed by atoms with van der Waals surface area (Å²) in [6.07, 6.45) is 0. The number of hydrogen-bond donors (Lipinski definition) is 1. The Morgan fingerprint density at radius 1 is 1.33 bits per heavy atom. The van der Waals surface area contributed by atoms with Gasteiger partial charge in [-0.05, 0) is 18.2 Å². The van der Waals surface area contributed by atoms with Gasteiger partial charge in [-0.1, -0.05) is 0 Å².